The van der Waals surface area contributed by atoms with Crippen LogP contribution < -0.4 is 32.7 Å². The summed E-state index contributed by atoms with van der Waals surface area (Å²) in [6.07, 6.45) is -0.212. The molecule has 0 spiro atoms. The third-order valence-electron chi connectivity index (χ3n) is 5.00. The number of nitrogens with zero attached hydrogens (tertiary/aromatic N) is 2. The molecule has 4 amide bonds. The Morgan fingerprint density at radius 1 is 0.949 bits per heavy atom. The maximum Gasteiger partial charge on any atom is 0.407 e. The molecular formula is C24H30N8O7. The Morgan fingerprint density at radius 2 is 1.62 bits per heavy atom. The first-order valence-corrected chi connectivity index (χ1v) is 11.8. The number of carbonyl (C=O) groups is 4. The molecule has 2 rings (SSSR count). The standard InChI is InChI=1S/C24H30N8O7/c25-23(26)27-12-4-7-19(30-17-8-10-18(11-9-17)32(37)38)22(35)31-21(34)14-28-20(33)13-29-24(36)39-15-16-5-2-1-3-6-16/h1-3,5-6,8-11,19,30H,4,7,12-15H2,(H,28,33)(H,29,36)(H4,25,26,27)(H,31,34,35)/t19-/m0/s1. The van der Waals surface area contributed by atoms with Crippen LogP contribution in [0.4, 0.5) is 16.2 Å². The van der Waals surface area contributed by atoms with Crippen molar-refractivity contribution < 1.29 is 28.8 Å². The van der Waals surface area contributed by atoms with Crippen molar-refractivity contribution in [3.8, 4) is 0 Å². The number of guanidine groups is 1. The Balaban J connectivity index is 1.81. The van der Waals surface area contributed by atoms with Gasteiger partial charge in [0.05, 0.1) is 11.5 Å². The highest BCUT2D eigenvalue weighted by molar-refractivity contribution is 6.00. The van der Waals surface area contributed by atoms with Gasteiger partial charge in [-0.15, -0.1) is 0 Å². The molecule has 0 aliphatic carbocycles. The van der Waals surface area contributed by atoms with Crippen LogP contribution in [0.3, 0.4) is 0 Å². The van der Waals surface area contributed by atoms with Crippen LogP contribution in [-0.2, 0) is 25.7 Å². The summed E-state index contributed by atoms with van der Waals surface area (Å²) in [6.45, 7) is -0.702. The van der Waals surface area contributed by atoms with Crippen molar-refractivity contribution in [3.63, 3.8) is 0 Å². The molecular weight excluding hydrogens is 512 g/mol. The van der Waals surface area contributed by atoms with Gasteiger partial charge in [0.25, 0.3) is 5.69 Å². The molecule has 0 radical (unpaired) electrons. The van der Waals surface area contributed by atoms with E-state index < -0.39 is 47.9 Å². The average Bonchev–Trinajstić information content (AvgIpc) is 2.91. The van der Waals surface area contributed by atoms with Crippen LogP contribution in [0.1, 0.15) is 18.4 Å². The molecule has 208 valence electrons. The maximum atomic E-state index is 12.7. The van der Waals surface area contributed by atoms with Crippen molar-refractivity contribution in [3.05, 3.63) is 70.3 Å². The summed E-state index contributed by atoms with van der Waals surface area (Å²) in [5.41, 5.74) is 11.7. The molecule has 0 heterocycles. The zero-order chi connectivity index (χ0) is 28.6. The Morgan fingerprint density at radius 3 is 2.26 bits per heavy atom. The number of anilines is 1. The minimum absolute atomic E-state index is 0.0276. The monoisotopic (exact) mass is 542 g/mol. The fourth-order valence-corrected chi connectivity index (χ4v) is 3.09. The number of ether oxygens (including phenoxy) is 1. The van der Waals surface area contributed by atoms with Crippen LogP contribution in [0.2, 0.25) is 0 Å². The summed E-state index contributed by atoms with van der Waals surface area (Å²) < 4.78 is 4.99. The number of hydrogen-bond donors (Lipinski definition) is 6. The van der Waals surface area contributed by atoms with Crippen molar-refractivity contribution >= 4 is 41.1 Å². The summed E-state index contributed by atoms with van der Waals surface area (Å²) in [6, 6.07) is 13.4. The highest BCUT2D eigenvalue weighted by Crippen LogP contribution is 2.17. The van der Waals surface area contributed by atoms with Crippen LogP contribution in [0, 0.1) is 10.1 Å². The number of nitro groups is 1. The molecule has 15 nitrogen and oxygen atoms in total. The van der Waals surface area contributed by atoms with Crippen molar-refractivity contribution in [2.24, 2.45) is 16.5 Å². The number of nitrogens with two attached hydrogens (primary N) is 2. The van der Waals surface area contributed by atoms with Crippen LogP contribution in [0.15, 0.2) is 59.6 Å². The molecule has 39 heavy (non-hydrogen) atoms. The zero-order valence-electron chi connectivity index (χ0n) is 20.9. The molecule has 2 aromatic carbocycles. The van der Waals surface area contributed by atoms with E-state index >= 15 is 0 Å². The lowest BCUT2D eigenvalue weighted by molar-refractivity contribution is -0.384. The molecule has 1 atom stereocenters. The summed E-state index contributed by atoms with van der Waals surface area (Å²) in [7, 11) is 0. The van der Waals surface area contributed by atoms with Crippen LogP contribution in [0.5, 0.6) is 0 Å². The molecule has 15 heteroatoms. The normalized spacial score (nSPS) is 10.9. The third-order valence-corrected chi connectivity index (χ3v) is 5.00. The van der Waals surface area contributed by atoms with Gasteiger partial charge in [-0.1, -0.05) is 30.3 Å². The van der Waals surface area contributed by atoms with E-state index in [0.29, 0.717) is 12.1 Å². The summed E-state index contributed by atoms with van der Waals surface area (Å²) >= 11 is 0. The molecule has 0 aromatic heterocycles. The SMILES string of the molecule is NC(N)=NCCC[C@H](Nc1ccc([N+](=O)[O-])cc1)C(=O)NC(=O)CNC(=O)CNC(=O)OCc1ccccc1. The van der Waals surface area contributed by atoms with E-state index in [-0.39, 0.29) is 31.2 Å². The molecule has 0 aliphatic rings. The second kappa shape index (κ2) is 15.8. The second-order valence-electron chi connectivity index (χ2n) is 8.05. The van der Waals surface area contributed by atoms with Crippen LogP contribution in [-0.4, -0.2) is 60.4 Å². The number of carbonyl (C=O) groups excluding carboxylic acids is 4. The van der Waals surface area contributed by atoms with Gasteiger partial charge in [-0.05, 0) is 30.5 Å². The zero-order valence-corrected chi connectivity index (χ0v) is 20.9. The predicted molar refractivity (Wildman–Crippen MR) is 141 cm³/mol. The quantitative estimate of drug-likeness (QED) is 0.0620. The fraction of sp³-hybridized carbons (Fsp3) is 0.292. The molecule has 8 N–H and O–H groups in total. The minimum Gasteiger partial charge on any atom is -0.445 e. The van der Waals surface area contributed by atoms with E-state index in [1.165, 1.54) is 24.3 Å². The Kier molecular flexibility index (Phi) is 12.2. The number of non-ortho nitro benzene ring substituents is 1. The lowest BCUT2D eigenvalue weighted by Crippen LogP contribution is -2.47. The largest absolute Gasteiger partial charge is 0.445 e. The van der Waals surface area contributed by atoms with Gasteiger partial charge in [-0.3, -0.25) is 34.8 Å². The van der Waals surface area contributed by atoms with E-state index in [0.717, 1.165) is 5.56 Å². The van der Waals surface area contributed by atoms with Crippen molar-refractivity contribution in [1.82, 2.24) is 16.0 Å². The maximum absolute atomic E-state index is 12.7. The first-order chi connectivity index (χ1) is 18.6. The first-order valence-electron chi connectivity index (χ1n) is 11.8. The number of benzene rings is 2. The molecule has 0 unspecified atom stereocenters. The smallest absolute Gasteiger partial charge is 0.407 e. The van der Waals surface area contributed by atoms with E-state index in [1.807, 2.05) is 6.07 Å². The Bertz CT molecular complexity index is 1170. The number of nitro benzene ring substituents is 1. The van der Waals surface area contributed by atoms with Gasteiger partial charge in [0.15, 0.2) is 5.96 Å². The number of alkyl carbamates (subject to hydrolysis) is 1. The molecule has 0 saturated heterocycles. The first kappa shape index (κ1) is 30.0. The molecule has 0 bridgehead atoms. The van der Waals surface area contributed by atoms with Gasteiger partial charge in [-0.25, -0.2) is 4.79 Å². The van der Waals surface area contributed by atoms with E-state index in [9.17, 15) is 29.3 Å². The molecule has 0 saturated carbocycles. The number of imide groups is 1. The lowest BCUT2D eigenvalue weighted by Gasteiger charge is -2.19. The van der Waals surface area contributed by atoms with Crippen LogP contribution >= 0.6 is 0 Å². The number of nitrogens with one attached hydrogen (secondary N) is 4. The fourth-order valence-electron chi connectivity index (χ4n) is 3.09. The summed E-state index contributed by atoms with van der Waals surface area (Å²) in [5, 5.41) is 20.5. The Hall–Kier alpha value is -5.21. The van der Waals surface area contributed by atoms with Gasteiger partial charge in [0, 0.05) is 24.4 Å². The van der Waals surface area contributed by atoms with E-state index in [1.54, 1.807) is 24.3 Å². The molecule has 2 aromatic rings. The van der Waals surface area contributed by atoms with Gasteiger partial charge < -0.3 is 32.2 Å². The average molecular weight is 543 g/mol. The topological polar surface area (TPSA) is 233 Å². The molecule has 0 fully saturated rings. The van der Waals surface area contributed by atoms with Gasteiger partial charge in [0.1, 0.15) is 19.2 Å². The number of amides is 4. The lowest BCUT2D eigenvalue weighted by atomic mass is 10.1. The number of aliphatic imine (C=N–C) groups is 1. The van der Waals surface area contributed by atoms with Crippen molar-refractivity contribution in [2.45, 2.75) is 25.5 Å². The highest BCUT2D eigenvalue weighted by Gasteiger charge is 2.21. The second-order valence-corrected chi connectivity index (χ2v) is 8.05. The summed E-state index contributed by atoms with van der Waals surface area (Å²) in [4.78, 5) is 62.8. The number of rotatable bonds is 14. The minimum atomic E-state index is -0.915. The van der Waals surface area contributed by atoms with E-state index in [4.69, 9.17) is 16.2 Å². The Labute approximate surface area is 223 Å². The van der Waals surface area contributed by atoms with Crippen molar-refractivity contribution in [1.29, 1.82) is 0 Å². The highest BCUT2D eigenvalue weighted by atomic mass is 16.6. The third kappa shape index (κ3) is 12.1. The predicted octanol–water partition coefficient (Wildman–Crippen LogP) is 0.114. The van der Waals surface area contributed by atoms with Gasteiger partial charge >= 0.3 is 6.09 Å². The van der Waals surface area contributed by atoms with Gasteiger partial charge in [-0.2, -0.15) is 0 Å². The summed E-state index contributed by atoms with van der Waals surface area (Å²) in [5.74, 6) is -2.27. The van der Waals surface area contributed by atoms with Gasteiger partial charge in [0.2, 0.25) is 17.7 Å². The van der Waals surface area contributed by atoms with Crippen LogP contribution in [0.25, 0.3) is 0 Å². The van der Waals surface area contributed by atoms with E-state index in [2.05, 4.69) is 26.3 Å². The number of hydrogen-bond acceptors (Lipinski definition) is 9. The molecule has 0 aliphatic heterocycles. The van der Waals surface area contributed by atoms with Crippen molar-refractivity contribution in [2.75, 3.05) is 25.0 Å².